The number of aromatic nitrogens is 2. The molecule has 3 atom stereocenters. The van der Waals surface area contributed by atoms with Crippen LogP contribution in [0, 0.1) is 0 Å². The molecule has 0 saturated carbocycles. The Kier molecular flexibility index (Phi) is 11.2. The van der Waals surface area contributed by atoms with Crippen molar-refractivity contribution in [3.63, 3.8) is 0 Å². The molecule has 2 heterocycles. The summed E-state index contributed by atoms with van der Waals surface area (Å²) in [5.41, 5.74) is 4.73. The highest BCUT2D eigenvalue weighted by Gasteiger charge is 2.28. The number of amides is 2. The lowest BCUT2D eigenvalue weighted by atomic mass is 9.93. The lowest BCUT2D eigenvalue weighted by molar-refractivity contribution is 0.0463. The minimum absolute atomic E-state index is 0.0853. The quantitative estimate of drug-likeness (QED) is 0.184. The fourth-order valence-corrected chi connectivity index (χ4v) is 5.05. The molecule has 0 fully saturated rings. The molecule has 0 bridgehead atoms. The molecule has 0 aliphatic heterocycles. The first-order valence-corrected chi connectivity index (χ1v) is 15.0. The number of benzene rings is 2. The smallest absolute Gasteiger partial charge is 0.407 e. The molecule has 3 N–H and O–H groups in total. The standard InChI is InChI=1S/C33H38N4O5S/c1-33(2,3)42-32(40)36-26(17-24-12-14-25(15-13-24)28-11-7-8-16-35-28)19-30(38)29(18-23-9-5-4-6-10-23)37-31(39)41-21-27-20-34-22-43-27/h4-16,20,22,26,29-30,38H,17-19,21H2,1-3H3,(H,36,40)(H,37,39)/t26-,29-,30-/m0/s1. The second-order valence-electron chi connectivity index (χ2n) is 11.2. The number of nitrogens with one attached hydrogen (secondary N) is 2. The Labute approximate surface area is 256 Å². The van der Waals surface area contributed by atoms with Gasteiger partial charge in [-0.25, -0.2) is 9.59 Å². The number of pyridine rings is 1. The highest BCUT2D eigenvalue weighted by molar-refractivity contribution is 7.09. The van der Waals surface area contributed by atoms with Crippen molar-refractivity contribution in [1.82, 2.24) is 20.6 Å². The van der Waals surface area contributed by atoms with Crippen molar-refractivity contribution in [2.45, 2.75) is 70.4 Å². The van der Waals surface area contributed by atoms with Gasteiger partial charge in [0.2, 0.25) is 0 Å². The summed E-state index contributed by atoms with van der Waals surface area (Å²) in [6, 6.07) is 22.1. The minimum atomic E-state index is -1.01. The Bertz CT molecular complexity index is 1410. The summed E-state index contributed by atoms with van der Waals surface area (Å²) < 4.78 is 10.9. The topological polar surface area (TPSA) is 123 Å². The number of carbonyl (C=O) groups is 2. The molecule has 4 rings (SSSR count). The van der Waals surface area contributed by atoms with E-state index < -0.39 is 36.0 Å². The van der Waals surface area contributed by atoms with E-state index in [1.807, 2.05) is 72.8 Å². The van der Waals surface area contributed by atoms with Crippen LogP contribution < -0.4 is 10.6 Å². The van der Waals surface area contributed by atoms with E-state index in [0.717, 1.165) is 27.3 Å². The SMILES string of the molecule is CC(C)(C)OC(=O)N[C@@H](Cc1ccc(-c2ccccn2)cc1)C[C@H](O)[C@H](Cc1ccccc1)NC(=O)OCc1cncs1. The van der Waals surface area contributed by atoms with Crippen molar-refractivity contribution in [1.29, 1.82) is 0 Å². The average Bonchev–Trinajstić information content (AvgIpc) is 3.50. The fourth-order valence-electron chi connectivity index (χ4n) is 4.55. The molecule has 0 saturated heterocycles. The second-order valence-corrected chi connectivity index (χ2v) is 12.2. The molecule has 0 aliphatic rings. The van der Waals surface area contributed by atoms with Gasteiger partial charge in [0.25, 0.3) is 0 Å². The van der Waals surface area contributed by atoms with Gasteiger partial charge in [-0.1, -0.05) is 60.7 Å². The molecular weight excluding hydrogens is 564 g/mol. The zero-order valence-corrected chi connectivity index (χ0v) is 25.4. The molecule has 0 spiro atoms. The molecular formula is C33H38N4O5S. The van der Waals surface area contributed by atoms with Gasteiger partial charge in [0, 0.05) is 24.0 Å². The highest BCUT2D eigenvalue weighted by atomic mass is 32.1. The summed E-state index contributed by atoms with van der Waals surface area (Å²) in [6.07, 6.45) is 2.13. The molecule has 4 aromatic rings. The van der Waals surface area contributed by atoms with Crippen LogP contribution in [0.3, 0.4) is 0 Å². The molecule has 0 radical (unpaired) electrons. The predicted molar refractivity (Wildman–Crippen MR) is 167 cm³/mol. The van der Waals surface area contributed by atoms with Gasteiger partial charge >= 0.3 is 12.2 Å². The third-order valence-corrected chi connectivity index (χ3v) is 7.29. The Morgan fingerprint density at radius 3 is 2.28 bits per heavy atom. The van der Waals surface area contributed by atoms with E-state index in [1.165, 1.54) is 11.3 Å². The van der Waals surface area contributed by atoms with E-state index in [4.69, 9.17) is 9.47 Å². The van der Waals surface area contributed by atoms with Gasteiger partial charge in [0.15, 0.2) is 0 Å². The van der Waals surface area contributed by atoms with Crippen LogP contribution in [-0.4, -0.2) is 51.0 Å². The molecule has 2 aromatic carbocycles. The van der Waals surface area contributed by atoms with Crippen LogP contribution >= 0.6 is 11.3 Å². The van der Waals surface area contributed by atoms with Crippen molar-refractivity contribution in [3.8, 4) is 11.3 Å². The molecule has 226 valence electrons. The van der Waals surface area contributed by atoms with E-state index in [9.17, 15) is 14.7 Å². The summed E-state index contributed by atoms with van der Waals surface area (Å²) in [5, 5.41) is 17.2. The Balaban J connectivity index is 1.49. The van der Waals surface area contributed by atoms with E-state index in [2.05, 4.69) is 20.6 Å². The van der Waals surface area contributed by atoms with Crippen molar-refractivity contribution in [3.05, 3.63) is 107 Å². The molecule has 10 heteroatoms. The zero-order valence-electron chi connectivity index (χ0n) is 24.6. The van der Waals surface area contributed by atoms with Gasteiger partial charge in [-0.2, -0.15) is 0 Å². The summed E-state index contributed by atoms with van der Waals surface area (Å²) in [4.78, 5) is 34.8. The third kappa shape index (κ3) is 10.8. The van der Waals surface area contributed by atoms with Gasteiger partial charge in [0.1, 0.15) is 12.2 Å². The summed E-state index contributed by atoms with van der Waals surface area (Å²) in [6.45, 7) is 5.47. The van der Waals surface area contributed by atoms with Crippen LogP contribution in [0.25, 0.3) is 11.3 Å². The number of alkyl carbamates (subject to hydrolysis) is 2. The van der Waals surface area contributed by atoms with Crippen molar-refractivity contribution >= 4 is 23.5 Å². The highest BCUT2D eigenvalue weighted by Crippen LogP contribution is 2.20. The molecule has 0 aliphatic carbocycles. The van der Waals surface area contributed by atoms with Crippen molar-refractivity contribution in [2.24, 2.45) is 0 Å². The van der Waals surface area contributed by atoms with Crippen LogP contribution in [0.4, 0.5) is 9.59 Å². The van der Waals surface area contributed by atoms with Crippen LogP contribution in [0.5, 0.6) is 0 Å². The van der Waals surface area contributed by atoms with Gasteiger partial charge in [-0.05, 0) is 63.3 Å². The molecule has 43 heavy (non-hydrogen) atoms. The van der Waals surface area contributed by atoms with E-state index >= 15 is 0 Å². The lowest BCUT2D eigenvalue weighted by Crippen LogP contribution is -2.49. The number of ether oxygens (including phenoxy) is 2. The molecule has 2 aromatic heterocycles. The van der Waals surface area contributed by atoms with E-state index in [-0.39, 0.29) is 13.0 Å². The van der Waals surface area contributed by atoms with Crippen LogP contribution in [0.15, 0.2) is 90.7 Å². The van der Waals surface area contributed by atoms with Crippen LogP contribution in [0.1, 0.15) is 43.2 Å². The van der Waals surface area contributed by atoms with Crippen molar-refractivity contribution in [2.75, 3.05) is 0 Å². The first-order valence-electron chi connectivity index (χ1n) is 14.2. The Morgan fingerprint density at radius 2 is 1.63 bits per heavy atom. The Hall–Kier alpha value is -4.28. The summed E-state index contributed by atoms with van der Waals surface area (Å²) >= 11 is 1.39. The first kappa shape index (κ1) is 31.7. The number of rotatable bonds is 12. The van der Waals surface area contributed by atoms with E-state index in [1.54, 1.807) is 38.7 Å². The number of aliphatic hydroxyl groups excluding tert-OH is 1. The van der Waals surface area contributed by atoms with Crippen LogP contribution in [0.2, 0.25) is 0 Å². The molecule has 9 nitrogen and oxygen atoms in total. The normalized spacial score (nSPS) is 13.4. The number of hydrogen-bond acceptors (Lipinski definition) is 8. The third-order valence-electron chi connectivity index (χ3n) is 6.54. The molecule has 0 unspecified atom stereocenters. The number of nitrogens with zero attached hydrogens (tertiary/aromatic N) is 2. The zero-order chi connectivity index (χ0) is 30.7. The van der Waals surface area contributed by atoms with Gasteiger partial charge < -0.3 is 25.2 Å². The van der Waals surface area contributed by atoms with Gasteiger partial charge in [-0.15, -0.1) is 11.3 Å². The predicted octanol–water partition coefficient (Wildman–Crippen LogP) is 5.93. The first-order chi connectivity index (χ1) is 20.6. The molecule has 2 amide bonds. The number of carbonyl (C=O) groups excluding carboxylic acids is 2. The number of thiazole rings is 1. The minimum Gasteiger partial charge on any atom is -0.444 e. The summed E-state index contributed by atoms with van der Waals surface area (Å²) in [5.74, 6) is 0. The Morgan fingerprint density at radius 1 is 0.907 bits per heavy atom. The van der Waals surface area contributed by atoms with Crippen LogP contribution in [-0.2, 0) is 28.9 Å². The van der Waals surface area contributed by atoms with Gasteiger partial charge in [0.05, 0.1) is 28.2 Å². The second kappa shape index (κ2) is 15.3. The van der Waals surface area contributed by atoms with Gasteiger partial charge in [-0.3, -0.25) is 9.97 Å². The van der Waals surface area contributed by atoms with E-state index in [0.29, 0.717) is 12.8 Å². The number of hydrogen-bond donors (Lipinski definition) is 3. The van der Waals surface area contributed by atoms with Crippen molar-refractivity contribution < 1.29 is 24.2 Å². The largest absolute Gasteiger partial charge is 0.444 e. The number of aliphatic hydroxyl groups is 1. The maximum absolute atomic E-state index is 12.8. The monoisotopic (exact) mass is 602 g/mol. The maximum Gasteiger partial charge on any atom is 0.407 e. The maximum atomic E-state index is 12.8. The summed E-state index contributed by atoms with van der Waals surface area (Å²) in [7, 11) is 0. The average molecular weight is 603 g/mol. The fraction of sp³-hybridized carbons (Fsp3) is 0.333. The lowest BCUT2D eigenvalue weighted by Gasteiger charge is -2.29.